The van der Waals surface area contributed by atoms with Crippen LogP contribution in [0.4, 0.5) is 11.5 Å². The first-order valence-electron chi connectivity index (χ1n) is 7.04. The Balaban J connectivity index is 2.14. The molecule has 0 unspecified atom stereocenters. The second kappa shape index (κ2) is 5.58. The average molecular weight is 331 g/mol. The summed E-state index contributed by atoms with van der Waals surface area (Å²) in [4.78, 5) is 2.16. The van der Waals surface area contributed by atoms with Crippen molar-refractivity contribution in [2.75, 3.05) is 23.7 Å². The van der Waals surface area contributed by atoms with Gasteiger partial charge in [0.1, 0.15) is 5.76 Å². The SMILES string of the molecule is Cc1cc(NS(=O)(=O)c2cccc3c(N(C)C)cccc23)no1. The summed E-state index contributed by atoms with van der Waals surface area (Å²) in [6.45, 7) is 1.70. The van der Waals surface area contributed by atoms with Gasteiger partial charge >= 0.3 is 0 Å². The number of anilines is 2. The van der Waals surface area contributed by atoms with Crippen LogP contribution in [0.25, 0.3) is 10.8 Å². The quantitative estimate of drug-likeness (QED) is 0.795. The molecule has 1 N–H and O–H groups in total. The number of aryl methyl sites for hydroxylation is 1. The van der Waals surface area contributed by atoms with E-state index in [1.54, 1.807) is 25.1 Å². The highest BCUT2D eigenvalue weighted by Gasteiger charge is 2.20. The third kappa shape index (κ3) is 2.87. The van der Waals surface area contributed by atoms with Gasteiger partial charge in [0.25, 0.3) is 10.0 Å². The normalized spacial score (nSPS) is 11.6. The fraction of sp³-hybridized carbons (Fsp3) is 0.188. The maximum absolute atomic E-state index is 12.7. The molecule has 3 aromatic rings. The van der Waals surface area contributed by atoms with E-state index in [2.05, 4.69) is 9.88 Å². The lowest BCUT2D eigenvalue weighted by Crippen LogP contribution is -2.14. The van der Waals surface area contributed by atoms with Gasteiger partial charge in [0, 0.05) is 36.6 Å². The van der Waals surface area contributed by atoms with Crippen molar-refractivity contribution in [2.45, 2.75) is 11.8 Å². The largest absolute Gasteiger partial charge is 0.377 e. The fourth-order valence-corrected chi connectivity index (χ4v) is 3.70. The highest BCUT2D eigenvalue weighted by atomic mass is 32.2. The number of aromatic nitrogens is 1. The standard InChI is InChI=1S/C16H17N3O3S/c1-11-10-16(17-22-11)18-23(20,21)15-9-5-6-12-13(15)7-4-8-14(12)19(2)3/h4-10H,1-3H3,(H,17,18). The first-order valence-corrected chi connectivity index (χ1v) is 8.52. The molecule has 0 aliphatic rings. The maximum atomic E-state index is 12.7. The predicted molar refractivity (Wildman–Crippen MR) is 90.3 cm³/mol. The Labute approximate surface area is 134 Å². The number of sulfonamides is 1. The molecule has 0 spiro atoms. The summed E-state index contributed by atoms with van der Waals surface area (Å²) in [7, 11) is 0.0859. The van der Waals surface area contributed by atoms with E-state index in [-0.39, 0.29) is 10.7 Å². The van der Waals surface area contributed by atoms with Gasteiger partial charge in [-0.05, 0) is 19.1 Å². The Kier molecular flexibility index (Phi) is 3.73. The Morgan fingerprint density at radius 3 is 2.43 bits per heavy atom. The first kappa shape index (κ1) is 15.4. The topological polar surface area (TPSA) is 75.4 Å². The van der Waals surface area contributed by atoms with Crippen LogP contribution in [0, 0.1) is 6.92 Å². The van der Waals surface area contributed by atoms with Crippen molar-refractivity contribution in [3.63, 3.8) is 0 Å². The fourth-order valence-electron chi connectivity index (χ4n) is 2.50. The smallest absolute Gasteiger partial charge is 0.263 e. The highest BCUT2D eigenvalue weighted by molar-refractivity contribution is 7.93. The number of fused-ring (bicyclic) bond motifs is 1. The lowest BCUT2D eigenvalue weighted by molar-refractivity contribution is 0.400. The average Bonchev–Trinajstić information content (AvgIpc) is 2.90. The molecule has 0 radical (unpaired) electrons. The molecular weight excluding hydrogens is 314 g/mol. The number of hydrogen-bond donors (Lipinski definition) is 1. The van der Waals surface area contributed by atoms with E-state index in [1.807, 2.05) is 37.2 Å². The van der Waals surface area contributed by atoms with Gasteiger partial charge in [0.2, 0.25) is 0 Å². The number of nitrogens with one attached hydrogen (secondary N) is 1. The summed E-state index contributed by atoms with van der Waals surface area (Å²) < 4.78 is 32.7. The first-order chi connectivity index (χ1) is 10.9. The molecule has 23 heavy (non-hydrogen) atoms. The molecule has 0 atom stereocenters. The van der Waals surface area contributed by atoms with Crippen molar-refractivity contribution >= 4 is 32.3 Å². The Bertz CT molecular complexity index is 962. The molecule has 0 bridgehead atoms. The van der Waals surface area contributed by atoms with E-state index in [0.717, 1.165) is 11.1 Å². The van der Waals surface area contributed by atoms with Crippen LogP contribution in [0.2, 0.25) is 0 Å². The van der Waals surface area contributed by atoms with E-state index in [0.29, 0.717) is 11.1 Å². The van der Waals surface area contributed by atoms with Crippen LogP contribution >= 0.6 is 0 Å². The number of hydrogen-bond acceptors (Lipinski definition) is 5. The molecule has 1 aromatic heterocycles. The van der Waals surface area contributed by atoms with Gasteiger partial charge in [-0.25, -0.2) is 8.42 Å². The number of rotatable bonds is 4. The zero-order valence-corrected chi connectivity index (χ0v) is 13.9. The van der Waals surface area contributed by atoms with Crippen molar-refractivity contribution < 1.29 is 12.9 Å². The third-order valence-electron chi connectivity index (χ3n) is 3.50. The molecule has 2 aromatic carbocycles. The summed E-state index contributed by atoms with van der Waals surface area (Å²) in [5.74, 6) is 0.707. The van der Waals surface area contributed by atoms with Crippen LogP contribution in [-0.4, -0.2) is 27.7 Å². The van der Waals surface area contributed by atoms with Crippen LogP contribution in [-0.2, 0) is 10.0 Å². The lowest BCUT2D eigenvalue weighted by atomic mass is 10.1. The van der Waals surface area contributed by atoms with Gasteiger partial charge in [0.15, 0.2) is 5.82 Å². The summed E-state index contributed by atoms with van der Waals surface area (Å²) in [6.07, 6.45) is 0. The van der Waals surface area contributed by atoms with Crippen molar-refractivity contribution in [1.29, 1.82) is 0 Å². The van der Waals surface area contributed by atoms with Crippen LogP contribution in [0.3, 0.4) is 0 Å². The molecule has 0 amide bonds. The number of benzene rings is 2. The molecule has 3 rings (SSSR count). The highest BCUT2D eigenvalue weighted by Crippen LogP contribution is 2.30. The maximum Gasteiger partial charge on any atom is 0.263 e. The molecule has 1 heterocycles. The van der Waals surface area contributed by atoms with Gasteiger partial charge < -0.3 is 9.42 Å². The Morgan fingerprint density at radius 2 is 1.78 bits per heavy atom. The molecular formula is C16H17N3O3S. The van der Waals surface area contributed by atoms with Crippen molar-refractivity contribution in [2.24, 2.45) is 0 Å². The summed E-state index contributed by atoms with van der Waals surface area (Å²) in [5.41, 5.74) is 0.955. The minimum absolute atomic E-state index is 0.170. The monoisotopic (exact) mass is 331 g/mol. The molecule has 0 aliphatic heterocycles. The van der Waals surface area contributed by atoms with Gasteiger partial charge in [-0.1, -0.05) is 29.4 Å². The van der Waals surface area contributed by atoms with E-state index >= 15 is 0 Å². The minimum Gasteiger partial charge on any atom is -0.377 e. The van der Waals surface area contributed by atoms with Gasteiger partial charge in [0.05, 0.1) is 4.90 Å². The molecule has 0 saturated heterocycles. The Hall–Kier alpha value is -2.54. The number of nitrogens with zero attached hydrogens (tertiary/aromatic N) is 2. The summed E-state index contributed by atoms with van der Waals surface area (Å²) in [5, 5.41) is 5.21. The molecule has 0 saturated carbocycles. The van der Waals surface area contributed by atoms with Gasteiger partial charge in [-0.3, -0.25) is 4.72 Å². The van der Waals surface area contributed by atoms with Crippen molar-refractivity contribution in [3.05, 3.63) is 48.2 Å². The van der Waals surface area contributed by atoms with Crippen molar-refractivity contribution in [3.8, 4) is 0 Å². The van der Waals surface area contributed by atoms with Gasteiger partial charge in [-0.2, -0.15) is 0 Å². The second-order valence-corrected chi connectivity index (χ2v) is 7.10. The van der Waals surface area contributed by atoms with E-state index in [9.17, 15) is 8.42 Å². The molecule has 7 heteroatoms. The van der Waals surface area contributed by atoms with Crippen molar-refractivity contribution in [1.82, 2.24) is 5.16 Å². The van der Waals surface area contributed by atoms with E-state index in [1.165, 1.54) is 6.07 Å². The molecule has 0 fully saturated rings. The summed E-state index contributed by atoms with van der Waals surface area (Å²) >= 11 is 0. The lowest BCUT2D eigenvalue weighted by Gasteiger charge is -2.17. The van der Waals surface area contributed by atoms with Crippen LogP contribution in [0.1, 0.15) is 5.76 Å². The van der Waals surface area contributed by atoms with Gasteiger partial charge in [-0.15, -0.1) is 0 Å². The van der Waals surface area contributed by atoms with Crippen LogP contribution in [0.5, 0.6) is 0 Å². The minimum atomic E-state index is -3.76. The predicted octanol–water partition coefficient (Wildman–Crippen LogP) is 3.00. The molecule has 0 aliphatic carbocycles. The zero-order valence-electron chi connectivity index (χ0n) is 13.1. The Morgan fingerprint density at radius 1 is 1.09 bits per heavy atom. The molecule has 6 nitrogen and oxygen atoms in total. The summed E-state index contributed by atoms with van der Waals surface area (Å²) in [6, 6.07) is 12.3. The van der Waals surface area contributed by atoms with E-state index in [4.69, 9.17) is 4.52 Å². The van der Waals surface area contributed by atoms with Crippen LogP contribution in [0.15, 0.2) is 51.9 Å². The van der Waals surface area contributed by atoms with E-state index < -0.39 is 10.0 Å². The van der Waals surface area contributed by atoms with Crippen LogP contribution < -0.4 is 9.62 Å². The second-order valence-electron chi connectivity index (χ2n) is 5.45. The third-order valence-corrected chi connectivity index (χ3v) is 4.91. The molecule has 120 valence electrons. The zero-order chi connectivity index (χ0) is 16.6.